The van der Waals surface area contributed by atoms with Crippen molar-refractivity contribution in [2.75, 3.05) is 19.6 Å². The Morgan fingerprint density at radius 1 is 1.33 bits per heavy atom. The van der Waals surface area contributed by atoms with Gasteiger partial charge in [0, 0.05) is 35.5 Å². The molecule has 2 aromatic rings. The summed E-state index contributed by atoms with van der Waals surface area (Å²) in [7, 11) is 0. The standard InChI is InChI=1S/C12H12N2O2S2/c15-11-1-4-14(5-3-13-11)12(16)10-7-9-8(18-10)2-6-17-9/h2,6-7H,1,3-5H2,(H,13,15). The highest BCUT2D eigenvalue weighted by atomic mass is 32.1. The fourth-order valence-corrected chi connectivity index (χ4v) is 4.07. The molecule has 0 atom stereocenters. The van der Waals surface area contributed by atoms with Crippen LogP contribution < -0.4 is 5.32 Å². The summed E-state index contributed by atoms with van der Waals surface area (Å²) in [4.78, 5) is 26.1. The largest absolute Gasteiger partial charge is 0.354 e. The van der Waals surface area contributed by atoms with Crippen molar-refractivity contribution in [3.8, 4) is 0 Å². The van der Waals surface area contributed by atoms with Gasteiger partial charge in [-0.2, -0.15) is 0 Å². The number of rotatable bonds is 1. The van der Waals surface area contributed by atoms with Crippen molar-refractivity contribution < 1.29 is 9.59 Å². The molecule has 1 aliphatic heterocycles. The number of hydrogen-bond acceptors (Lipinski definition) is 4. The Bertz CT molecular complexity index is 574. The SMILES string of the molecule is O=C1CCN(C(=O)c2cc3sccc3s2)CCN1. The molecule has 0 radical (unpaired) electrons. The summed E-state index contributed by atoms with van der Waals surface area (Å²) < 4.78 is 2.32. The molecule has 1 saturated heterocycles. The second kappa shape index (κ2) is 4.70. The number of nitrogens with zero attached hydrogens (tertiary/aromatic N) is 1. The molecule has 0 aromatic carbocycles. The zero-order valence-electron chi connectivity index (χ0n) is 9.64. The number of hydrogen-bond donors (Lipinski definition) is 1. The van der Waals surface area contributed by atoms with Crippen LogP contribution in [0.3, 0.4) is 0 Å². The lowest BCUT2D eigenvalue weighted by atomic mass is 10.3. The Morgan fingerprint density at radius 2 is 2.22 bits per heavy atom. The van der Waals surface area contributed by atoms with Gasteiger partial charge in [0.25, 0.3) is 5.91 Å². The van der Waals surface area contributed by atoms with Gasteiger partial charge in [0.1, 0.15) is 0 Å². The highest BCUT2D eigenvalue weighted by Crippen LogP contribution is 2.30. The van der Waals surface area contributed by atoms with E-state index in [1.54, 1.807) is 16.2 Å². The minimum Gasteiger partial charge on any atom is -0.354 e. The summed E-state index contributed by atoms with van der Waals surface area (Å²) in [5.74, 6) is 0.0670. The van der Waals surface area contributed by atoms with Crippen molar-refractivity contribution in [1.82, 2.24) is 10.2 Å². The smallest absolute Gasteiger partial charge is 0.264 e. The van der Waals surface area contributed by atoms with Gasteiger partial charge in [-0.1, -0.05) is 0 Å². The van der Waals surface area contributed by atoms with Crippen LogP contribution in [0.15, 0.2) is 17.5 Å². The van der Waals surface area contributed by atoms with Crippen molar-refractivity contribution >= 4 is 43.9 Å². The highest BCUT2D eigenvalue weighted by molar-refractivity contribution is 7.27. The van der Waals surface area contributed by atoms with Crippen LogP contribution in [0.4, 0.5) is 0 Å². The van der Waals surface area contributed by atoms with Crippen LogP contribution in [-0.4, -0.2) is 36.3 Å². The summed E-state index contributed by atoms with van der Waals surface area (Å²) in [6, 6.07) is 3.99. The maximum atomic E-state index is 12.3. The maximum Gasteiger partial charge on any atom is 0.264 e. The summed E-state index contributed by atoms with van der Waals surface area (Å²) >= 11 is 3.18. The zero-order valence-corrected chi connectivity index (χ0v) is 11.3. The normalized spacial score (nSPS) is 16.7. The van der Waals surface area contributed by atoms with E-state index in [2.05, 4.69) is 5.32 Å². The van der Waals surface area contributed by atoms with Crippen LogP contribution >= 0.6 is 22.7 Å². The minimum absolute atomic E-state index is 0.0254. The molecule has 0 unspecified atom stereocenters. The summed E-state index contributed by atoms with van der Waals surface area (Å²) in [5.41, 5.74) is 0. The van der Waals surface area contributed by atoms with E-state index in [0.717, 1.165) is 14.3 Å². The van der Waals surface area contributed by atoms with Crippen molar-refractivity contribution in [2.24, 2.45) is 0 Å². The molecule has 94 valence electrons. The molecule has 1 N–H and O–H groups in total. The van der Waals surface area contributed by atoms with Crippen LogP contribution in [0.1, 0.15) is 16.1 Å². The average Bonchev–Trinajstić information content (AvgIpc) is 2.86. The number of carbonyl (C=O) groups excluding carboxylic acids is 2. The predicted octanol–water partition coefficient (Wildman–Crippen LogP) is 1.92. The number of nitrogens with one attached hydrogen (secondary N) is 1. The Kier molecular flexibility index (Phi) is 3.05. The summed E-state index contributed by atoms with van der Waals surface area (Å²) in [5, 5.41) is 4.81. The summed E-state index contributed by atoms with van der Waals surface area (Å²) in [6.07, 6.45) is 0.394. The van der Waals surface area contributed by atoms with Crippen LogP contribution in [0.25, 0.3) is 9.40 Å². The Hall–Kier alpha value is -1.40. The third-order valence-electron chi connectivity index (χ3n) is 2.95. The van der Waals surface area contributed by atoms with E-state index in [1.807, 2.05) is 17.5 Å². The van der Waals surface area contributed by atoms with E-state index in [9.17, 15) is 9.59 Å². The van der Waals surface area contributed by atoms with Crippen molar-refractivity contribution in [1.29, 1.82) is 0 Å². The molecule has 3 heterocycles. The molecular formula is C12H12N2O2S2. The van der Waals surface area contributed by atoms with Gasteiger partial charge in [-0.3, -0.25) is 9.59 Å². The third-order valence-corrected chi connectivity index (χ3v) is 5.03. The van der Waals surface area contributed by atoms with Gasteiger partial charge in [0.2, 0.25) is 5.91 Å². The van der Waals surface area contributed by atoms with Gasteiger partial charge in [0.05, 0.1) is 4.88 Å². The Labute approximate surface area is 112 Å². The van der Waals surface area contributed by atoms with E-state index in [4.69, 9.17) is 0 Å². The minimum atomic E-state index is 0.0254. The number of fused-ring (bicyclic) bond motifs is 1. The zero-order chi connectivity index (χ0) is 12.5. The van der Waals surface area contributed by atoms with Crippen LogP contribution in [0, 0.1) is 0 Å². The summed E-state index contributed by atoms with van der Waals surface area (Å²) in [6.45, 7) is 1.65. The molecule has 0 saturated carbocycles. The molecule has 18 heavy (non-hydrogen) atoms. The van der Waals surface area contributed by atoms with Crippen LogP contribution in [0.2, 0.25) is 0 Å². The van der Waals surface area contributed by atoms with Crippen molar-refractivity contribution in [3.05, 3.63) is 22.4 Å². The lowest BCUT2D eigenvalue weighted by Gasteiger charge is -2.18. The first-order chi connectivity index (χ1) is 8.74. The van der Waals surface area contributed by atoms with Crippen LogP contribution in [0.5, 0.6) is 0 Å². The van der Waals surface area contributed by atoms with Gasteiger partial charge in [0.15, 0.2) is 0 Å². The molecule has 3 rings (SSSR count). The van der Waals surface area contributed by atoms with E-state index in [-0.39, 0.29) is 11.8 Å². The lowest BCUT2D eigenvalue weighted by Crippen LogP contribution is -2.33. The van der Waals surface area contributed by atoms with Crippen molar-refractivity contribution in [3.63, 3.8) is 0 Å². The molecule has 0 bridgehead atoms. The monoisotopic (exact) mass is 280 g/mol. The molecule has 1 aliphatic rings. The maximum absolute atomic E-state index is 12.3. The molecule has 4 nitrogen and oxygen atoms in total. The second-order valence-corrected chi connectivity index (χ2v) is 6.18. The molecule has 2 aromatic heterocycles. The number of amides is 2. The lowest BCUT2D eigenvalue weighted by molar-refractivity contribution is -0.120. The van der Waals surface area contributed by atoms with Gasteiger partial charge >= 0.3 is 0 Å². The van der Waals surface area contributed by atoms with E-state index >= 15 is 0 Å². The number of thiophene rings is 2. The predicted molar refractivity (Wildman–Crippen MR) is 73.2 cm³/mol. The second-order valence-electron chi connectivity index (χ2n) is 4.15. The topological polar surface area (TPSA) is 49.4 Å². The first-order valence-corrected chi connectivity index (χ1v) is 7.47. The van der Waals surface area contributed by atoms with Gasteiger partial charge in [-0.15, -0.1) is 22.7 Å². The van der Waals surface area contributed by atoms with E-state index in [1.165, 1.54) is 11.3 Å². The highest BCUT2D eigenvalue weighted by Gasteiger charge is 2.21. The van der Waals surface area contributed by atoms with Gasteiger partial charge in [-0.25, -0.2) is 0 Å². The number of carbonyl (C=O) groups is 2. The fraction of sp³-hybridized carbons (Fsp3) is 0.333. The third kappa shape index (κ3) is 2.13. The van der Waals surface area contributed by atoms with Gasteiger partial charge in [-0.05, 0) is 17.5 Å². The molecular weight excluding hydrogens is 268 g/mol. The van der Waals surface area contributed by atoms with Crippen molar-refractivity contribution in [2.45, 2.75) is 6.42 Å². The molecule has 0 aliphatic carbocycles. The van der Waals surface area contributed by atoms with Gasteiger partial charge < -0.3 is 10.2 Å². The molecule has 6 heteroatoms. The van der Waals surface area contributed by atoms with Crippen LogP contribution in [-0.2, 0) is 4.79 Å². The quantitative estimate of drug-likeness (QED) is 0.867. The van der Waals surface area contributed by atoms with E-state index in [0.29, 0.717) is 26.1 Å². The first-order valence-electron chi connectivity index (χ1n) is 5.77. The Balaban J connectivity index is 1.81. The molecule has 0 spiro atoms. The fourth-order valence-electron chi connectivity index (χ4n) is 2.00. The molecule has 1 fully saturated rings. The molecule has 2 amide bonds. The first kappa shape index (κ1) is 11.7. The Morgan fingerprint density at radius 3 is 3.06 bits per heavy atom. The van der Waals surface area contributed by atoms with E-state index < -0.39 is 0 Å². The average molecular weight is 280 g/mol.